The molecule has 2 atom stereocenters. The van der Waals surface area contributed by atoms with Gasteiger partial charge in [-0.05, 0) is 20.3 Å². The Kier molecular flexibility index (Phi) is 7.37. The molecule has 0 aliphatic heterocycles. The first kappa shape index (κ1) is 13.4. The lowest BCUT2D eigenvalue weighted by Crippen LogP contribution is -2.32. The van der Waals surface area contributed by atoms with Crippen LogP contribution in [0.1, 0.15) is 20.3 Å². The topological polar surface area (TPSA) is 81.8 Å². The van der Waals surface area contributed by atoms with Crippen molar-refractivity contribution in [1.29, 1.82) is 0 Å². The number of carbonyl (C=O) groups is 1. The van der Waals surface area contributed by atoms with Crippen molar-refractivity contribution in [3.63, 3.8) is 0 Å². The summed E-state index contributed by atoms with van der Waals surface area (Å²) in [7, 11) is 0. The van der Waals surface area contributed by atoms with Crippen LogP contribution in [0.2, 0.25) is 0 Å². The van der Waals surface area contributed by atoms with Gasteiger partial charge in [-0.15, -0.1) is 0 Å². The van der Waals surface area contributed by atoms with Gasteiger partial charge in [-0.1, -0.05) is 0 Å². The van der Waals surface area contributed by atoms with Crippen molar-refractivity contribution < 1.29 is 19.4 Å². The van der Waals surface area contributed by atoms with Gasteiger partial charge in [0, 0.05) is 13.2 Å². The maximum absolute atomic E-state index is 10.3. The van der Waals surface area contributed by atoms with Gasteiger partial charge in [-0.3, -0.25) is 4.79 Å². The van der Waals surface area contributed by atoms with Gasteiger partial charge in [0.1, 0.15) is 6.04 Å². The minimum absolute atomic E-state index is 0.0176. The predicted molar refractivity (Wildman–Crippen MR) is 52.1 cm³/mol. The first-order chi connectivity index (χ1) is 6.57. The largest absolute Gasteiger partial charge is 0.480 e. The van der Waals surface area contributed by atoms with Crippen molar-refractivity contribution in [3.05, 3.63) is 0 Å². The van der Waals surface area contributed by atoms with Gasteiger partial charge in [0.15, 0.2) is 0 Å². The second-order valence-electron chi connectivity index (χ2n) is 3.07. The van der Waals surface area contributed by atoms with Crippen LogP contribution >= 0.6 is 0 Å². The fourth-order valence-electron chi connectivity index (χ4n) is 0.852. The van der Waals surface area contributed by atoms with Crippen LogP contribution in [-0.4, -0.2) is 43.0 Å². The molecule has 0 bridgehead atoms. The lowest BCUT2D eigenvalue weighted by atomic mass is 10.2. The fourth-order valence-corrected chi connectivity index (χ4v) is 0.852. The lowest BCUT2D eigenvalue weighted by molar-refractivity contribution is -0.139. The lowest BCUT2D eigenvalue weighted by Gasteiger charge is -2.13. The normalized spacial score (nSPS) is 15.1. The van der Waals surface area contributed by atoms with E-state index in [1.54, 1.807) is 0 Å². The molecule has 0 saturated carbocycles. The van der Waals surface area contributed by atoms with E-state index in [1.165, 1.54) is 0 Å². The van der Waals surface area contributed by atoms with Crippen LogP contribution in [0.5, 0.6) is 0 Å². The van der Waals surface area contributed by atoms with Crippen LogP contribution in [0.4, 0.5) is 0 Å². The van der Waals surface area contributed by atoms with Crippen molar-refractivity contribution in [2.75, 3.05) is 19.8 Å². The van der Waals surface area contributed by atoms with Crippen LogP contribution in [0, 0.1) is 0 Å². The predicted octanol–water partition coefficient (Wildman–Crippen LogP) is 0.230. The van der Waals surface area contributed by atoms with Crippen LogP contribution in [0.25, 0.3) is 0 Å². The van der Waals surface area contributed by atoms with Gasteiger partial charge in [0.25, 0.3) is 0 Å². The van der Waals surface area contributed by atoms with E-state index in [4.69, 9.17) is 20.3 Å². The number of carboxylic acid groups (broad SMARTS) is 1. The quantitative estimate of drug-likeness (QED) is 0.592. The Hall–Kier alpha value is -0.650. The van der Waals surface area contributed by atoms with Crippen LogP contribution in [0.15, 0.2) is 0 Å². The summed E-state index contributed by atoms with van der Waals surface area (Å²) in [4.78, 5) is 10.3. The summed E-state index contributed by atoms with van der Waals surface area (Å²) in [5.41, 5.74) is 5.29. The van der Waals surface area contributed by atoms with Crippen LogP contribution in [-0.2, 0) is 14.3 Å². The minimum atomic E-state index is -0.994. The van der Waals surface area contributed by atoms with E-state index in [1.807, 2.05) is 13.8 Å². The average Bonchev–Trinajstić information content (AvgIpc) is 2.14. The second-order valence-corrected chi connectivity index (χ2v) is 3.07. The molecule has 0 amide bonds. The third kappa shape index (κ3) is 6.82. The SMILES string of the molecule is CCOCC(C)OCCC(N)C(=O)O. The van der Waals surface area contributed by atoms with Gasteiger partial charge in [0.05, 0.1) is 12.7 Å². The Morgan fingerprint density at radius 3 is 2.71 bits per heavy atom. The van der Waals surface area contributed by atoms with E-state index in [2.05, 4.69) is 0 Å². The molecule has 0 radical (unpaired) electrons. The van der Waals surface area contributed by atoms with Gasteiger partial charge in [-0.2, -0.15) is 0 Å². The number of hydrogen-bond acceptors (Lipinski definition) is 4. The van der Waals surface area contributed by atoms with Crippen molar-refractivity contribution in [3.8, 4) is 0 Å². The zero-order chi connectivity index (χ0) is 11.0. The Balaban J connectivity index is 3.39. The van der Waals surface area contributed by atoms with Crippen LogP contribution < -0.4 is 5.73 Å². The number of aliphatic carboxylic acids is 1. The molecule has 2 unspecified atom stereocenters. The molecule has 0 rings (SSSR count). The van der Waals surface area contributed by atoms with Crippen molar-refractivity contribution >= 4 is 5.97 Å². The molecule has 5 nitrogen and oxygen atoms in total. The molecule has 0 aliphatic rings. The smallest absolute Gasteiger partial charge is 0.320 e. The van der Waals surface area contributed by atoms with E-state index in [9.17, 15) is 4.79 Å². The third-order valence-electron chi connectivity index (χ3n) is 1.71. The molecular weight excluding hydrogens is 186 g/mol. The van der Waals surface area contributed by atoms with Crippen LogP contribution in [0.3, 0.4) is 0 Å². The monoisotopic (exact) mass is 205 g/mol. The molecule has 0 aromatic carbocycles. The van der Waals surface area contributed by atoms with E-state index in [0.29, 0.717) is 26.2 Å². The Labute approximate surface area is 84.2 Å². The van der Waals surface area contributed by atoms with Crippen molar-refractivity contribution in [2.45, 2.75) is 32.4 Å². The summed E-state index contributed by atoms with van der Waals surface area (Å²) >= 11 is 0. The summed E-state index contributed by atoms with van der Waals surface area (Å²) < 4.78 is 10.4. The molecule has 0 aromatic heterocycles. The molecule has 0 fully saturated rings. The maximum Gasteiger partial charge on any atom is 0.320 e. The third-order valence-corrected chi connectivity index (χ3v) is 1.71. The minimum Gasteiger partial charge on any atom is -0.480 e. The van der Waals surface area contributed by atoms with Gasteiger partial charge in [0.2, 0.25) is 0 Å². The summed E-state index contributed by atoms with van der Waals surface area (Å²) in [6.45, 7) is 5.32. The molecule has 0 heterocycles. The van der Waals surface area contributed by atoms with Gasteiger partial charge < -0.3 is 20.3 Å². The highest BCUT2D eigenvalue weighted by Crippen LogP contribution is 1.96. The first-order valence-electron chi connectivity index (χ1n) is 4.75. The Morgan fingerprint density at radius 1 is 1.57 bits per heavy atom. The highest BCUT2D eigenvalue weighted by atomic mass is 16.5. The molecule has 0 aromatic rings. The maximum atomic E-state index is 10.3. The number of rotatable bonds is 8. The molecule has 14 heavy (non-hydrogen) atoms. The summed E-state index contributed by atoms with van der Waals surface area (Å²) in [6.07, 6.45) is 0.308. The van der Waals surface area contributed by atoms with E-state index in [-0.39, 0.29) is 6.10 Å². The van der Waals surface area contributed by atoms with E-state index < -0.39 is 12.0 Å². The van der Waals surface area contributed by atoms with E-state index >= 15 is 0 Å². The molecule has 0 spiro atoms. The zero-order valence-corrected chi connectivity index (χ0v) is 8.73. The highest BCUT2D eigenvalue weighted by molar-refractivity contribution is 5.72. The molecule has 0 aliphatic carbocycles. The molecule has 84 valence electrons. The molecule has 0 saturated heterocycles. The number of ether oxygens (including phenoxy) is 2. The van der Waals surface area contributed by atoms with Crippen molar-refractivity contribution in [1.82, 2.24) is 0 Å². The first-order valence-corrected chi connectivity index (χ1v) is 4.75. The molecular formula is C9H19NO4. The fraction of sp³-hybridized carbons (Fsp3) is 0.889. The standard InChI is InChI=1S/C9H19NO4/c1-3-13-6-7(2)14-5-4-8(10)9(11)12/h7-8H,3-6,10H2,1-2H3,(H,11,12). The Morgan fingerprint density at radius 2 is 2.21 bits per heavy atom. The number of hydrogen-bond donors (Lipinski definition) is 2. The molecule has 3 N–H and O–H groups in total. The summed E-state index contributed by atoms with van der Waals surface area (Å²) in [5.74, 6) is -0.994. The van der Waals surface area contributed by atoms with Crippen molar-refractivity contribution in [2.24, 2.45) is 5.73 Å². The molecule has 5 heteroatoms. The summed E-state index contributed by atoms with van der Waals surface area (Å²) in [6, 6.07) is -0.839. The highest BCUT2D eigenvalue weighted by Gasteiger charge is 2.11. The van der Waals surface area contributed by atoms with Gasteiger partial charge in [-0.25, -0.2) is 0 Å². The van der Waals surface area contributed by atoms with Gasteiger partial charge >= 0.3 is 5.97 Å². The average molecular weight is 205 g/mol. The number of carboxylic acids is 1. The Bertz CT molecular complexity index is 163. The van der Waals surface area contributed by atoms with E-state index in [0.717, 1.165) is 0 Å². The second kappa shape index (κ2) is 7.73. The zero-order valence-electron chi connectivity index (χ0n) is 8.73. The summed E-state index contributed by atoms with van der Waals surface area (Å²) in [5, 5.41) is 8.48. The number of nitrogens with two attached hydrogens (primary N) is 1.